The molecule has 2 rings (SSSR count). The van der Waals surface area contributed by atoms with Gasteiger partial charge in [0.1, 0.15) is 6.61 Å². The van der Waals surface area contributed by atoms with Crippen LogP contribution in [0.4, 0.5) is 5.69 Å². The summed E-state index contributed by atoms with van der Waals surface area (Å²) < 4.78 is 34.1. The van der Waals surface area contributed by atoms with Crippen LogP contribution in [0.25, 0.3) is 0 Å². The number of rotatable bonds is 9. The zero-order chi connectivity index (χ0) is 23.0. The fourth-order valence-electron chi connectivity index (χ4n) is 3.09. The Balaban J connectivity index is 2.29. The largest absolute Gasteiger partial charge is 0.473 e. The lowest BCUT2D eigenvalue weighted by molar-refractivity contribution is 0.294. The van der Waals surface area contributed by atoms with Gasteiger partial charge in [0.15, 0.2) is 0 Å². The summed E-state index contributed by atoms with van der Waals surface area (Å²) in [5, 5.41) is 0. The molecule has 0 amide bonds. The highest BCUT2D eigenvalue weighted by atomic mass is 32.2. The molecule has 0 aliphatic heterocycles. The summed E-state index contributed by atoms with van der Waals surface area (Å²) in [6.07, 6.45) is 3.11. The number of ether oxygens (including phenoxy) is 1. The van der Waals surface area contributed by atoms with Gasteiger partial charge in [0.25, 0.3) is 10.0 Å². The Morgan fingerprint density at radius 1 is 1.16 bits per heavy atom. The molecule has 0 spiro atoms. The number of nitrogens with zero attached hydrogens (tertiary/aromatic N) is 3. The van der Waals surface area contributed by atoms with Crippen LogP contribution in [0.1, 0.15) is 30.5 Å². The Morgan fingerprint density at radius 3 is 2.39 bits per heavy atom. The summed E-state index contributed by atoms with van der Waals surface area (Å²) in [6.45, 7) is 12.0. The maximum Gasteiger partial charge on any atom is 0.264 e. The minimum Gasteiger partial charge on any atom is -0.473 e. The van der Waals surface area contributed by atoms with Crippen molar-refractivity contribution >= 4 is 28.3 Å². The summed E-state index contributed by atoms with van der Waals surface area (Å²) in [6, 6.07) is 12.6. The summed E-state index contributed by atoms with van der Waals surface area (Å²) in [5.41, 5.74) is 3.57. The van der Waals surface area contributed by atoms with E-state index in [1.54, 1.807) is 37.4 Å². The van der Waals surface area contributed by atoms with Crippen molar-refractivity contribution in [1.82, 2.24) is 0 Å². The van der Waals surface area contributed by atoms with E-state index in [4.69, 9.17) is 4.74 Å². The lowest BCUT2D eigenvalue weighted by Gasteiger charge is -2.28. The molecular weight excluding hydrogens is 410 g/mol. The first-order chi connectivity index (χ1) is 14.7. The van der Waals surface area contributed by atoms with Crippen LogP contribution >= 0.6 is 0 Å². The van der Waals surface area contributed by atoms with E-state index in [9.17, 15) is 8.42 Å². The predicted molar refractivity (Wildman–Crippen MR) is 129 cm³/mol. The van der Waals surface area contributed by atoms with Gasteiger partial charge in [-0.1, -0.05) is 43.7 Å². The average Bonchev–Trinajstić information content (AvgIpc) is 2.73. The molecule has 6 nitrogen and oxygen atoms in total. The normalized spacial score (nSPS) is 12.4. The van der Waals surface area contributed by atoms with Crippen molar-refractivity contribution < 1.29 is 13.2 Å². The standard InChI is InChI=1S/C24H31N3O3S/c1-18(2)16-27(23-12-7-19(3)15-20(23)4)31(28,29)22-10-8-21(9-11-22)17-30-24(26-6)13-14-25-5/h7-15,18H,5,16-17H2,1-4,6H3/b14-13-,26-24+. The van der Waals surface area contributed by atoms with E-state index >= 15 is 0 Å². The third-order valence-electron chi connectivity index (χ3n) is 4.59. The number of hydrogen-bond donors (Lipinski definition) is 0. The molecule has 2 aromatic rings. The van der Waals surface area contributed by atoms with E-state index in [-0.39, 0.29) is 17.4 Å². The maximum absolute atomic E-state index is 13.5. The molecule has 0 aliphatic carbocycles. The molecule has 0 radical (unpaired) electrons. The molecule has 7 heteroatoms. The first kappa shape index (κ1) is 24.3. The first-order valence-corrected chi connectivity index (χ1v) is 11.5. The summed E-state index contributed by atoms with van der Waals surface area (Å²) in [7, 11) is -2.09. The average molecular weight is 442 g/mol. The van der Waals surface area contributed by atoms with Gasteiger partial charge in [0, 0.05) is 25.9 Å². The van der Waals surface area contributed by atoms with Gasteiger partial charge in [-0.05, 0) is 55.8 Å². The second kappa shape index (κ2) is 10.9. The number of aryl methyl sites for hydroxylation is 2. The highest BCUT2D eigenvalue weighted by molar-refractivity contribution is 7.92. The van der Waals surface area contributed by atoms with Crippen molar-refractivity contribution in [1.29, 1.82) is 0 Å². The number of aliphatic imine (C=N–C) groups is 2. The Kier molecular flexibility index (Phi) is 8.56. The van der Waals surface area contributed by atoms with E-state index in [0.29, 0.717) is 18.1 Å². The molecule has 0 N–H and O–H groups in total. The SMILES string of the molecule is C=N/C=C\C(=N/C)OCc1ccc(S(=O)(=O)N(CC(C)C)c2ccc(C)cc2C)cc1. The molecule has 0 saturated heterocycles. The van der Waals surface area contributed by atoms with Gasteiger partial charge >= 0.3 is 0 Å². The minimum absolute atomic E-state index is 0.174. The number of hydrogen-bond acceptors (Lipinski definition) is 5. The lowest BCUT2D eigenvalue weighted by atomic mass is 10.1. The number of anilines is 1. The van der Waals surface area contributed by atoms with Gasteiger partial charge in [-0.2, -0.15) is 0 Å². The van der Waals surface area contributed by atoms with Crippen molar-refractivity contribution in [3.8, 4) is 0 Å². The summed E-state index contributed by atoms with van der Waals surface area (Å²) >= 11 is 0. The van der Waals surface area contributed by atoms with Crippen LogP contribution in [0.5, 0.6) is 0 Å². The maximum atomic E-state index is 13.5. The van der Waals surface area contributed by atoms with Gasteiger partial charge < -0.3 is 4.74 Å². The van der Waals surface area contributed by atoms with Gasteiger partial charge in [0.2, 0.25) is 5.90 Å². The van der Waals surface area contributed by atoms with Gasteiger partial charge in [0.05, 0.1) is 10.6 Å². The predicted octanol–water partition coefficient (Wildman–Crippen LogP) is 4.91. The Labute approximate surface area is 186 Å². The second-order valence-electron chi connectivity index (χ2n) is 7.71. The van der Waals surface area contributed by atoms with Crippen LogP contribution in [-0.4, -0.2) is 34.6 Å². The van der Waals surface area contributed by atoms with Crippen molar-refractivity contribution in [3.05, 3.63) is 71.4 Å². The zero-order valence-corrected chi connectivity index (χ0v) is 19.7. The van der Waals surface area contributed by atoms with E-state index < -0.39 is 10.0 Å². The van der Waals surface area contributed by atoms with Crippen LogP contribution in [0.2, 0.25) is 0 Å². The third kappa shape index (κ3) is 6.52. The molecule has 0 atom stereocenters. The van der Waals surface area contributed by atoms with E-state index in [1.807, 2.05) is 45.9 Å². The molecule has 0 saturated carbocycles. The smallest absolute Gasteiger partial charge is 0.264 e. The fourth-order valence-corrected chi connectivity index (χ4v) is 4.78. The van der Waals surface area contributed by atoms with E-state index in [2.05, 4.69) is 16.7 Å². The van der Waals surface area contributed by atoms with Crippen molar-refractivity contribution in [2.24, 2.45) is 15.9 Å². The third-order valence-corrected chi connectivity index (χ3v) is 6.39. The Bertz CT molecular complexity index is 1060. The fraction of sp³-hybridized carbons (Fsp3) is 0.333. The monoisotopic (exact) mass is 441 g/mol. The minimum atomic E-state index is -3.71. The summed E-state index contributed by atoms with van der Waals surface area (Å²) in [4.78, 5) is 7.89. The quantitative estimate of drug-likeness (QED) is 0.410. The van der Waals surface area contributed by atoms with Crippen LogP contribution < -0.4 is 4.31 Å². The molecule has 31 heavy (non-hydrogen) atoms. The van der Waals surface area contributed by atoms with Gasteiger partial charge in [-0.3, -0.25) is 14.3 Å². The zero-order valence-electron chi connectivity index (χ0n) is 18.9. The van der Waals surface area contributed by atoms with Crippen molar-refractivity contribution in [3.63, 3.8) is 0 Å². The topological polar surface area (TPSA) is 71.3 Å². The van der Waals surface area contributed by atoms with E-state index in [1.165, 1.54) is 10.5 Å². The second-order valence-corrected chi connectivity index (χ2v) is 9.58. The Hall–Kier alpha value is -2.93. The molecule has 0 aliphatic rings. The van der Waals surface area contributed by atoms with Crippen molar-refractivity contribution in [2.45, 2.75) is 39.2 Å². The lowest BCUT2D eigenvalue weighted by Crippen LogP contribution is -2.34. The molecule has 0 heterocycles. The molecule has 0 aromatic heterocycles. The first-order valence-electron chi connectivity index (χ1n) is 10.1. The summed E-state index contributed by atoms with van der Waals surface area (Å²) in [5.74, 6) is 0.593. The molecule has 2 aromatic carbocycles. The highest BCUT2D eigenvalue weighted by Gasteiger charge is 2.26. The molecule has 166 valence electrons. The molecule has 0 bridgehead atoms. The van der Waals surface area contributed by atoms with Crippen LogP contribution in [-0.2, 0) is 21.4 Å². The van der Waals surface area contributed by atoms with E-state index in [0.717, 1.165) is 16.7 Å². The molecule has 0 fully saturated rings. The van der Waals surface area contributed by atoms with Gasteiger partial charge in [-0.25, -0.2) is 8.42 Å². The van der Waals surface area contributed by atoms with Crippen molar-refractivity contribution in [2.75, 3.05) is 17.9 Å². The highest BCUT2D eigenvalue weighted by Crippen LogP contribution is 2.28. The Morgan fingerprint density at radius 2 is 1.84 bits per heavy atom. The van der Waals surface area contributed by atoms with Crippen LogP contribution in [0, 0.1) is 19.8 Å². The molecule has 0 unspecified atom stereocenters. The molecular formula is C24H31N3O3S. The number of benzene rings is 2. The van der Waals surface area contributed by atoms with Crippen LogP contribution in [0.15, 0.2) is 69.6 Å². The van der Waals surface area contributed by atoms with Crippen LogP contribution in [0.3, 0.4) is 0 Å². The number of sulfonamides is 1. The van der Waals surface area contributed by atoms with Gasteiger partial charge in [-0.15, -0.1) is 0 Å².